The first kappa shape index (κ1) is 17.0. The molecule has 1 aliphatic rings. The maximum absolute atomic E-state index is 12.3. The Morgan fingerprint density at radius 3 is 2.56 bits per heavy atom. The van der Waals surface area contributed by atoms with Crippen LogP contribution in [0.15, 0.2) is 48.5 Å². The Kier molecular flexibility index (Phi) is 5.03. The van der Waals surface area contributed by atoms with Crippen molar-refractivity contribution in [3.05, 3.63) is 59.7 Å². The summed E-state index contributed by atoms with van der Waals surface area (Å²) in [7, 11) is 0. The van der Waals surface area contributed by atoms with Gasteiger partial charge < -0.3 is 15.0 Å². The summed E-state index contributed by atoms with van der Waals surface area (Å²) in [6.07, 6.45) is 0.811. The molecule has 130 valence electrons. The summed E-state index contributed by atoms with van der Waals surface area (Å²) in [5, 5.41) is 2.87. The van der Waals surface area contributed by atoms with Crippen LogP contribution in [0.25, 0.3) is 0 Å². The number of carbonyl (C=O) groups is 2. The molecule has 0 fully saturated rings. The van der Waals surface area contributed by atoms with Gasteiger partial charge >= 0.3 is 5.97 Å². The standard InChI is InChI=1S/C20H22N2O3/c1-14(2)25-20(24)16-7-9-17(10-8-16)21-19(23)13-22-12-11-15-5-3-4-6-18(15)22/h3-10,14H,11-13H2,1-2H3,(H,21,23). The van der Waals surface area contributed by atoms with Crippen LogP contribution >= 0.6 is 0 Å². The number of benzene rings is 2. The van der Waals surface area contributed by atoms with Crippen molar-refractivity contribution in [1.82, 2.24) is 0 Å². The molecule has 3 rings (SSSR count). The first-order valence-electron chi connectivity index (χ1n) is 8.46. The first-order chi connectivity index (χ1) is 12.0. The third kappa shape index (κ3) is 4.18. The van der Waals surface area contributed by atoms with Gasteiger partial charge in [-0.05, 0) is 56.2 Å². The number of anilines is 2. The van der Waals surface area contributed by atoms with Gasteiger partial charge in [0.2, 0.25) is 5.91 Å². The zero-order valence-electron chi connectivity index (χ0n) is 14.5. The third-order valence-electron chi connectivity index (χ3n) is 4.06. The van der Waals surface area contributed by atoms with E-state index in [0.717, 1.165) is 18.7 Å². The number of nitrogens with one attached hydrogen (secondary N) is 1. The van der Waals surface area contributed by atoms with Crippen molar-refractivity contribution in [3.8, 4) is 0 Å². The lowest BCUT2D eigenvalue weighted by Gasteiger charge is -2.18. The van der Waals surface area contributed by atoms with E-state index in [2.05, 4.69) is 16.3 Å². The summed E-state index contributed by atoms with van der Waals surface area (Å²) >= 11 is 0. The van der Waals surface area contributed by atoms with Crippen LogP contribution in [0.3, 0.4) is 0 Å². The molecule has 5 heteroatoms. The van der Waals surface area contributed by atoms with Gasteiger partial charge in [0.25, 0.3) is 0 Å². The minimum atomic E-state index is -0.360. The molecule has 0 saturated heterocycles. The first-order valence-corrected chi connectivity index (χ1v) is 8.46. The second kappa shape index (κ2) is 7.38. The summed E-state index contributed by atoms with van der Waals surface area (Å²) < 4.78 is 5.15. The van der Waals surface area contributed by atoms with Gasteiger partial charge in [0.15, 0.2) is 0 Å². The van der Waals surface area contributed by atoms with Crippen LogP contribution < -0.4 is 10.2 Å². The van der Waals surface area contributed by atoms with E-state index in [0.29, 0.717) is 17.8 Å². The predicted octanol–water partition coefficient (Wildman–Crippen LogP) is 3.25. The van der Waals surface area contributed by atoms with Crippen molar-refractivity contribution < 1.29 is 14.3 Å². The maximum atomic E-state index is 12.3. The van der Waals surface area contributed by atoms with Crippen LogP contribution in [0, 0.1) is 0 Å². The lowest BCUT2D eigenvalue weighted by molar-refractivity contribution is -0.115. The summed E-state index contributed by atoms with van der Waals surface area (Å²) in [6, 6.07) is 14.9. The van der Waals surface area contributed by atoms with Crippen LogP contribution in [0.5, 0.6) is 0 Å². The van der Waals surface area contributed by atoms with E-state index in [1.807, 2.05) is 32.0 Å². The Morgan fingerprint density at radius 2 is 1.84 bits per heavy atom. The average Bonchev–Trinajstić information content (AvgIpc) is 2.98. The Hall–Kier alpha value is -2.82. The molecule has 1 heterocycles. The largest absolute Gasteiger partial charge is 0.459 e. The molecule has 5 nitrogen and oxygen atoms in total. The van der Waals surface area contributed by atoms with Crippen molar-refractivity contribution in [2.45, 2.75) is 26.4 Å². The second-order valence-electron chi connectivity index (χ2n) is 6.38. The molecular formula is C20H22N2O3. The van der Waals surface area contributed by atoms with Crippen LogP contribution in [-0.4, -0.2) is 31.1 Å². The Morgan fingerprint density at radius 1 is 1.12 bits per heavy atom. The number of hydrogen-bond donors (Lipinski definition) is 1. The molecule has 1 aliphatic heterocycles. The lowest BCUT2D eigenvalue weighted by Crippen LogP contribution is -2.31. The fourth-order valence-electron chi connectivity index (χ4n) is 2.92. The smallest absolute Gasteiger partial charge is 0.338 e. The van der Waals surface area contributed by atoms with Gasteiger partial charge in [0.1, 0.15) is 0 Å². The Labute approximate surface area is 147 Å². The molecule has 0 spiro atoms. The van der Waals surface area contributed by atoms with Gasteiger partial charge in [0, 0.05) is 17.9 Å². The predicted molar refractivity (Wildman–Crippen MR) is 98.0 cm³/mol. The van der Waals surface area contributed by atoms with Crippen LogP contribution in [0.1, 0.15) is 29.8 Å². The fraction of sp³-hybridized carbons (Fsp3) is 0.300. The summed E-state index contributed by atoms with van der Waals surface area (Å²) in [6.45, 7) is 4.78. The summed E-state index contributed by atoms with van der Waals surface area (Å²) in [4.78, 5) is 26.2. The summed E-state index contributed by atoms with van der Waals surface area (Å²) in [5.41, 5.74) is 3.55. The van der Waals surface area contributed by atoms with E-state index in [1.54, 1.807) is 24.3 Å². The number of para-hydroxylation sites is 1. The Bertz CT molecular complexity index is 769. The van der Waals surface area contributed by atoms with Crippen molar-refractivity contribution in [1.29, 1.82) is 0 Å². The third-order valence-corrected chi connectivity index (χ3v) is 4.06. The number of hydrogen-bond acceptors (Lipinski definition) is 4. The van der Waals surface area contributed by atoms with Gasteiger partial charge in [-0.15, -0.1) is 0 Å². The molecule has 1 N–H and O–H groups in total. The number of amides is 1. The van der Waals surface area contributed by atoms with Crippen LogP contribution in [0.4, 0.5) is 11.4 Å². The van der Waals surface area contributed by atoms with Gasteiger partial charge in [-0.3, -0.25) is 4.79 Å². The van der Waals surface area contributed by atoms with Crippen molar-refractivity contribution >= 4 is 23.3 Å². The van der Waals surface area contributed by atoms with Gasteiger partial charge in [-0.2, -0.15) is 0 Å². The van der Waals surface area contributed by atoms with Crippen molar-refractivity contribution in [2.24, 2.45) is 0 Å². The fourth-order valence-corrected chi connectivity index (χ4v) is 2.92. The lowest BCUT2D eigenvalue weighted by atomic mass is 10.2. The quantitative estimate of drug-likeness (QED) is 0.850. The highest BCUT2D eigenvalue weighted by molar-refractivity contribution is 5.95. The highest BCUT2D eigenvalue weighted by Crippen LogP contribution is 2.27. The topological polar surface area (TPSA) is 58.6 Å². The van der Waals surface area contributed by atoms with E-state index in [1.165, 1.54) is 5.56 Å². The number of nitrogens with zero attached hydrogens (tertiary/aromatic N) is 1. The number of fused-ring (bicyclic) bond motifs is 1. The van der Waals surface area contributed by atoms with E-state index >= 15 is 0 Å². The highest BCUT2D eigenvalue weighted by atomic mass is 16.5. The zero-order valence-corrected chi connectivity index (χ0v) is 14.5. The second-order valence-corrected chi connectivity index (χ2v) is 6.38. The molecule has 0 unspecified atom stereocenters. The van der Waals surface area contributed by atoms with Gasteiger partial charge in [-0.1, -0.05) is 18.2 Å². The average molecular weight is 338 g/mol. The molecule has 2 aromatic carbocycles. The van der Waals surface area contributed by atoms with Crippen molar-refractivity contribution in [3.63, 3.8) is 0 Å². The molecule has 2 aromatic rings. The van der Waals surface area contributed by atoms with Gasteiger partial charge in [-0.25, -0.2) is 4.79 Å². The normalized spacial score (nSPS) is 12.8. The summed E-state index contributed by atoms with van der Waals surface area (Å²) in [5.74, 6) is -0.434. The number of rotatable bonds is 5. The van der Waals surface area contributed by atoms with Crippen LogP contribution in [0.2, 0.25) is 0 Å². The number of ether oxygens (including phenoxy) is 1. The monoisotopic (exact) mass is 338 g/mol. The minimum absolute atomic E-state index is 0.0748. The van der Waals surface area contributed by atoms with Crippen LogP contribution in [-0.2, 0) is 16.0 Å². The van der Waals surface area contributed by atoms with E-state index in [4.69, 9.17) is 4.74 Å². The molecule has 0 atom stereocenters. The molecule has 0 saturated carbocycles. The Balaban J connectivity index is 1.58. The van der Waals surface area contributed by atoms with Gasteiger partial charge in [0.05, 0.1) is 18.2 Å². The zero-order chi connectivity index (χ0) is 17.8. The SMILES string of the molecule is CC(C)OC(=O)c1ccc(NC(=O)CN2CCc3ccccc32)cc1. The number of carbonyl (C=O) groups excluding carboxylic acids is 2. The highest BCUT2D eigenvalue weighted by Gasteiger charge is 2.20. The maximum Gasteiger partial charge on any atom is 0.338 e. The van der Waals surface area contributed by atoms with E-state index in [-0.39, 0.29) is 18.0 Å². The molecule has 1 amide bonds. The molecule has 0 bridgehead atoms. The molecule has 0 aromatic heterocycles. The van der Waals surface area contributed by atoms with E-state index < -0.39 is 0 Å². The molecule has 0 aliphatic carbocycles. The van der Waals surface area contributed by atoms with E-state index in [9.17, 15) is 9.59 Å². The molecular weight excluding hydrogens is 316 g/mol. The molecule has 25 heavy (non-hydrogen) atoms. The van der Waals surface area contributed by atoms with Crippen molar-refractivity contribution in [2.75, 3.05) is 23.3 Å². The molecule has 0 radical (unpaired) electrons. The number of esters is 1. The minimum Gasteiger partial charge on any atom is -0.459 e.